The van der Waals surface area contributed by atoms with Crippen LogP contribution in [0.3, 0.4) is 0 Å². The highest BCUT2D eigenvalue weighted by molar-refractivity contribution is 7.89. The molecule has 0 radical (unpaired) electrons. The van der Waals surface area contributed by atoms with Gasteiger partial charge in [-0.15, -0.1) is 12.4 Å². The van der Waals surface area contributed by atoms with Crippen molar-refractivity contribution < 1.29 is 13.2 Å². The number of methoxy groups -OCH3 is 1. The van der Waals surface area contributed by atoms with Gasteiger partial charge in [0.1, 0.15) is 0 Å². The number of nitrogens with one attached hydrogen (secondary N) is 2. The highest BCUT2D eigenvalue weighted by Crippen LogP contribution is 2.27. The third kappa shape index (κ3) is 4.35. The lowest BCUT2D eigenvalue weighted by molar-refractivity contribution is 0.136. The van der Waals surface area contributed by atoms with Crippen LogP contribution in [-0.4, -0.2) is 45.5 Å². The van der Waals surface area contributed by atoms with Crippen molar-refractivity contribution in [2.24, 2.45) is 0 Å². The zero-order chi connectivity index (χ0) is 12.5. The number of fused-ring (bicyclic) bond motifs is 2. The summed E-state index contributed by atoms with van der Waals surface area (Å²) in [4.78, 5) is 0. The molecule has 2 bridgehead atoms. The number of hydrogen-bond acceptors (Lipinski definition) is 4. The number of halogens is 1. The molecule has 2 fully saturated rings. The molecule has 108 valence electrons. The third-order valence-corrected chi connectivity index (χ3v) is 5.28. The second kappa shape index (κ2) is 6.52. The molecule has 7 heteroatoms. The minimum absolute atomic E-state index is 0. The molecule has 2 rings (SSSR count). The molecule has 2 aliphatic heterocycles. The molecule has 0 aromatic rings. The fourth-order valence-corrected chi connectivity index (χ4v) is 4.38. The summed E-state index contributed by atoms with van der Waals surface area (Å²) >= 11 is 0. The van der Waals surface area contributed by atoms with Gasteiger partial charge in [-0.05, 0) is 32.6 Å². The van der Waals surface area contributed by atoms with E-state index < -0.39 is 10.0 Å². The van der Waals surface area contributed by atoms with Crippen LogP contribution in [0.1, 0.15) is 32.6 Å². The van der Waals surface area contributed by atoms with Gasteiger partial charge in [0, 0.05) is 25.2 Å². The molecule has 0 aromatic carbocycles. The fourth-order valence-electron chi connectivity index (χ4n) is 2.83. The average Bonchev–Trinajstić information content (AvgIpc) is 2.56. The monoisotopic (exact) mass is 298 g/mol. The molecule has 0 aromatic heterocycles. The van der Waals surface area contributed by atoms with Crippen molar-refractivity contribution in [1.29, 1.82) is 0 Å². The first kappa shape index (κ1) is 16.2. The molecule has 0 amide bonds. The molecule has 2 aliphatic rings. The summed E-state index contributed by atoms with van der Waals surface area (Å²) in [6.07, 6.45) is 3.93. The van der Waals surface area contributed by atoms with E-state index >= 15 is 0 Å². The first-order valence-electron chi connectivity index (χ1n) is 6.27. The van der Waals surface area contributed by atoms with E-state index in [0.29, 0.717) is 12.1 Å². The Morgan fingerprint density at radius 1 is 1.33 bits per heavy atom. The molecule has 0 spiro atoms. The van der Waals surface area contributed by atoms with E-state index in [4.69, 9.17) is 4.74 Å². The van der Waals surface area contributed by atoms with Crippen molar-refractivity contribution in [1.82, 2.24) is 10.0 Å². The number of rotatable bonds is 5. The van der Waals surface area contributed by atoms with Crippen LogP contribution in [0.5, 0.6) is 0 Å². The Morgan fingerprint density at radius 3 is 2.39 bits per heavy atom. The molecule has 0 saturated carbocycles. The van der Waals surface area contributed by atoms with Gasteiger partial charge in [-0.25, -0.2) is 13.1 Å². The second-order valence-corrected chi connectivity index (χ2v) is 7.05. The summed E-state index contributed by atoms with van der Waals surface area (Å²) < 4.78 is 31.6. The molecular weight excluding hydrogens is 276 g/mol. The summed E-state index contributed by atoms with van der Waals surface area (Å²) in [6, 6.07) is 1.10. The quantitative estimate of drug-likeness (QED) is 0.782. The lowest BCUT2D eigenvalue weighted by Gasteiger charge is -2.29. The van der Waals surface area contributed by atoms with Gasteiger partial charge < -0.3 is 10.1 Å². The maximum atomic E-state index is 11.9. The second-order valence-electron chi connectivity index (χ2n) is 5.25. The van der Waals surface area contributed by atoms with Crippen molar-refractivity contribution >= 4 is 22.4 Å². The van der Waals surface area contributed by atoms with Gasteiger partial charge in [0.25, 0.3) is 0 Å². The molecule has 2 N–H and O–H groups in total. The predicted molar refractivity (Wildman–Crippen MR) is 73.6 cm³/mol. The van der Waals surface area contributed by atoms with Crippen molar-refractivity contribution in [2.45, 2.75) is 56.8 Å². The minimum atomic E-state index is -3.21. The topological polar surface area (TPSA) is 67.4 Å². The van der Waals surface area contributed by atoms with Gasteiger partial charge in [0.05, 0.1) is 11.9 Å². The zero-order valence-corrected chi connectivity index (χ0v) is 12.5. The highest BCUT2D eigenvalue weighted by atomic mass is 35.5. The molecule has 0 aliphatic carbocycles. The van der Waals surface area contributed by atoms with Crippen molar-refractivity contribution in [3.8, 4) is 0 Å². The van der Waals surface area contributed by atoms with Crippen LogP contribution in [-0.2, 0) is 14.8 Å². The summed E-state index contributed by atoms with van der Waals surface area (Å²) in [5.74, 6) is 0.0444. The van der Waals surface area contributed by atoms with Crippen LogP contribution in [0.15, 0.2) is 0 Å². The third-order valence-electron chi connectivity index (χ3n) is 3.68. The number of sulfonamides is 1. The van der Waals surface area contributed by atoms with Crippen LogP contribution >= 0.6 is 12.4 Å². The lowest BCUT2D eigenvalue weighted by atomic mass is 10.0. The Kier molecular flexibility index (Phi) is 5.86. The van der Waals surface area contributed by atoms with Crippen LogP contribution in [0.4, 0.5) is 0 Å². The Labute approximate surface area is 116 Å². The van der Waals surface area contributed by atoms with Crippen LogP contribution in [0, 0.1) is 0 Å². The average molecular weight is 299 g/mol. The SMILES string of the molecule is COC(C)CS(=O)(=O)NC1CC2CCC(C1)N2.Cl. The van der Waals surface area contributed by atoms with E-state index in [1.54, 1.807) is 6.92 Å². The van der Waals surface area contributed by atoms with Crippen molar-refractivity contribution in [3.05, 3.63) is 0 Å². The smallest absolute Gasteiger partial charge is 0.214 e. The fraction of sp³-hybridized carbons (Fsp3) is 1.00. The largest absolute Gasteiger partial charge is 0.381 e. The molecular formula is C11H23ClN2O3S. The van der Waals surface area contributed by atoms with Crippen LogP contribution in [0.25, 0.3) is 0 Å². The standard InChI is InChI=1S/C11H22N2O3S.ClH/c1-8(16-2)7-17(14,15)13-11-5-9-3-4-10(6-11)12-9;/h8-13H,3-7H2,1-2H3;1H. The van der Waals surface area contributed by atoms with E-state index in [9.17, 15) is 8.42 Å². The van der Waals surface area contributed by atoms with Gasteiger partial charge in [-0.3, -0.25) is 0 Å². The molecule has 5 nitrogen and oxygen atoms in total. The number of piperidine rings is 1. The molecule has 3 atom stereocenters. The Bertz CT molecular complexity index is 351. The van der Waals surface area contributed by atoms with Gasteiger partial charge in [-0.1, -0.05) is 0 Å². The predicted octanol–water partition coefficient (Wildman–Crippen LogP) is 0.645. The molecule has 2 heterocycles. The summed E-state index contributed by atoms with van der Waals surface area (Å²) in [5, 5.41) is 3.50. The maximum absolute atomic E-state index is 11.9. The van der Waals surface area contributed by atoms with E-state index in [1.165, 1.54) is 20.0 Å². The van der Waals surface area contributed by atoms with Gasteiger partial charge in [0.2, 0.25) is 10.0 Å². The Balaban J connectivity index is 0.00000162. The van der Waals surface area contributed by atoms with Crippen molar-refractivity contribution in [2.75, 3.05) is 12.9 Å². The molecule has 3 unspecified atom stereocenters. The van der Waals surface area contributed by atoms with E-state index in [2.05, 4.69) is 10.0 Å². The van der Waals surface area contributed by atoms with Gasteiger partial charge >= 0.3 is 0 Å². The zero-order valence-electron chi connectivity index (χ0n) is 10.9. The van der Waals surface area contributed by atoms with Gasteiger partial charge in [0.15, 0.2) is 0 Å². The Hall–Kier alpha value is 0.120. The van der Waals surface area contributed by atoms with E-state index in [-0.39, 0.29) is 30.3 Å². The summed E-state index contributed by atoms with van der Waals surface area (Å²) in [5.41, 5.74) is 0. The maximum Gasteiger partial charge on any atom is 0.214 e. The normalized spacial score (nSPS) is 32.9. The molecule has 18 heavy (non-hydrogen) atoms. The van der Waals surface area contributed by atoms with Crippen LogP contribution in [0.2, 0.25) is 0 Å². The Morgan fingerprint density at radius 2 is 1.89 bits per heavy atom. The number of hydrogen-bond donors (Lipinski definition) is 2. The van der Waals surface area contributed by atoms with E-state index in [0.717, 1.165) is 12.8 Å². The van der Waals surface area contributed by atoms with Crippen molar-refractivity contribution in [3.63, 3.8) is 0 Å². The highest BCUT2D eigenvalue weighted by Gasteiger charge is 2.35. The summed E-state index contributed by atoms with van der Waals surface area (Å²) in [7, 11) is -1.68. The van der Waals surface area contributed by atoms with E-state index in [1.807, 2.05) is 0 Å². The minimum Gasteiger partial charge on any atom is -0.381 e. The van der Waals surface area contributed by atoms with Gasteiger partial charge in [-0.2, -0.15) is 0 Å². The lowest BCUT2D eigenvalue weighted by Crippen LogP contribution is -2.49. The first-order valence-corrected chi connectivity index (χ1v) is 7.92. The first-order chi connectivity index (χ1) is 7.98. The summed E-state index contributed by atoms with van der Waals surface area (Å²) in [6.45, 7) is 1.77. The van der Waals surface area contributed by atoms with Crippen LogP contribution < -0.4 is 10.0 Å². The number of ether oxygens (including phenoxy) is 1. The molecule has 2 saturated heterocycles.